The summed E-state index contributed by atoms with van der Waals surface area (Å²) < 4.78 is 222. The second-order valence-electron chi connectivity index (χ2n) is 29.9. The van der Waals surface area contributed by atoms with Gasteiger partial charge in [-0.05, 0) is 63.1 Å². The van der Waals surface area contributed by atoms with E-state index in [1.54, 1.807) is 23.6 Å². The van der Waals surface area contributed by atoms with Gasteiger partial charge in [-0.1, -0.05) is 26.7 Å². The number of aromatic amines is 2. The van der Waals surface area contributed by atoms with Crippen LogP contribution >= 0.6 is 0 Å². The monoisotopic (exact) mass is 1990 g/mol. The first-order valence-electron chi connectivity index (χ1n) is 43.8. The quantitative estimate of drug-likeness (QED) is 0.00679. The fourth-order valence-electron chi connectivity index (χ4n) is 13.0. The number of carboxylic acid groups (broad SMARTS) is 1. The molecule has 2 fully saturated rings. The summed E-state index contributed by atoms with van der Waals surface area (Å²) >= 11 is 0. The van der Waals surface area contributed by atoms with E-state index >= 15 is 0 Å². The first kappa shape index (κ1) is 114. The van der Waals surface area contributed by atoms with Crippen LogP contribution in [0.2, 0.25) is 0 Å². The number of H-pyrrole nitrogens is 2. The first-order chi connectivity index (χ1) is 65.7. The molecule has 0 saturated carbocycles. The van der Waals surface area contributed by atoms with Gasteiger partial charge in [0.1, 0.15) is 57.4 Å². The number of nitrogens with two attached hydrogens (primary N) is 2. The molecule has 10 N–H and O–H groups in total. The number of aliphatic carboxylic acids is 1. The van der Waals surface area contributed by atoms with Crippen molar-refractivity contribution >= 4 is 124 Å². The third kappa shape index (κ3) is 41.5. The van der Waals surface area contributed by atoms with Crippen LogP contribution in [0.3, 0.4) is 0 Å². The lowest BCUT2D eigenvalue weighted by Crippen LogP contribution is -2.54. The van der Waals surface area contributed by atoms with Crippen LogP contribution in [0.25, 0.3) is 43.9 Å². The molecular formula is C86H116F8N14O27S2. The molecule has 0 radical (unpaired) electrons. The summed E-state index contributed by atoms with van der Waals surface area (Å²) in [5.74, 6) is -17.5. The summed E-state index contributed by atoms with van der Waals surface area (Å²) in [5, 5.41) is 24.1. The number of aromatic hydroxyl groups is 1. The second-order valence-corrected chi connectivity index (χ2v) is 30.7. The molecule has 8 aromatic rings. The SMILES string of the molecule is CCCCc1nc2c([nH]1)c(N)nc1ccc(N3CCN(C(=O)[C@H](C)NC(=O)CCOCCC(=O)Oc4c(F)c(F)cc(F)c4F)CC3)cc12.CCCCc1nc2c([nH]1)c(N)nc1ccc(N3CCN(C(=O)[C@H](C)NC(=O)CCOCCOCCOCCOCCOCCOCCOCCOCCOCCOCCOCCC(=O)O)CC3)cc12.O=S(=O)=O.O=S(=O)=O.Oc1c(F)c(F)cc(F)c1F. The Balaban J connectivity index is 0.000000364. The largest absolute Gasteiger partial charge is 0.503 e. The molecule has 2 aliphatic heterocycles. The van der Waals surface area contributed by atoms with Gasteiger partial charge in [0.05, 0.1) is 182 Å². The lowest BCUT2D eigenvalue weighted by Gasteiger charge is -2.37. The number of carbonyl (C=O) groups excluding carboxylic acids is 5. The summed E-state index contributed by atoms with van der Waals surface area (Å²) in [6, 6.07) is 10.6. The number of phenolic OH excluding ortho intramolecular Hbond substituents is 1. The molecule has 51 heteroatoms. The number of imidazole rings is 2. The Kier molecular flexibility index (Phi) is 52.8. The maximum Gasteiger partial charge on any atom is 0.425 e. The number of fused-ring (bicyclic) bond motifs is 6. The lowest BCUT2D eigenvalue weighted by atomic mass is 10.1. The Morgan fingerprint density at radius 2 is 0.701 bits per heavy atom. The Hall–Kier alpha value is -11.3. The minimum atomic E-state index is -3.11. The van der Waals surface area contributed by atoms with Gasteiger partial charge in [-0.3, -0.25) is 28.8 Å². The highest BCUT2D eigenvalue weighted by molar-refractivity contribution is 7.59. The smallest absolute Gasteiger partial charge is 0.425 e. The normalized spacial score (nSPS) is 13.0. The van der Waals surface area contributed by atoms with Crippen molar-refractivity contribution in [2.45, 2.75) is 104 Å². The van der Waals surface area contributed by atoms with Crippen LogP contribution in [0.15, 0.2) is 48.5 Å². The summed E-state index contributed by atoms with van der Waals surface area (Å²) in [6.45, 7) is 20.7. The number of aromatic nitrogens is 6. The fourth-order valence-corrected chi connectivity index (χ4v) is 13.0. The van der Waals surface area contributed by atoms with Crippen LogP contribution in [0, 0.1) is 46.5 Å². The van der Waals surface area contributed by atoms with Gasteiger partial charge < -0.3 is 123 Å². The van der Waals surface area contributed by atoms with Crippen molar-refractivity contribution in [3.63, 3.8) is 0 Å². The number of ether oxygens (including phenoxy) is 13. The molecule has 6 heterocycles. The standard InChI is InChI=1S/C47H77N7O15.C33H37F4N7O5.C6H2F4O.2O3S/c1-3-4-5-41-51-44-39-36-38(6-7-40(39)50-46(48)45(44)52-41)53-10-12-54(13-11-53)47(58)37(2)49-42(55)8-14-59-16-18-61-20-22-63-24-26-65-28-30-67-32-34-69-35-33-68-31-29-66-27-25-64-23-21-62-19-17-60-15-9-43(56)57;1-3-4-5-24-41-29-20-16-19(6-7-23(20)40-32(38)30(29)42-24)43-10-12-44(13-11-43)33(47)18(2)39-25(45)8-14-48-15-9-26(46)49-31-27(36)21(34)17-22(35)28(31)37;7-2-1-3(8)5(10)6(11)4(2)9;2*1-4(2)3/h6-7,36-37H,3-5,8-35H2,1-2H3,(H2,48,50)(H,49,55)(H,51,52)(H,56,57);6-7,16-18H,3-5,8-15H2,1-2H3,(H2,38,40)(H,39,45)(H,41,42);1,11H;;/t37-;18-;;;/m00.../s1. The van der Waals surface area contributed by atoms with Crippen LogP contribution in [-0.2, 0) is 120 Å². The van der Waals surface area contributed by atoms with Gasteiger partial charge in [0.15, 0.2) is 29.0 Å². The number of carbonyl (C=O) groups is 6. The van der Waals surface area contributed by atoms with Crippen LogP contribution in [0.4, 0.5) is 58.1 Å². The van der Waals surface area contributed by atoms with Crippen LogP contribution in [-0.4, -0.2) is 334 Å². The molecule has 2 aliphatic rings. The van der Waals surface area contributed by atoms with Gasteiger partial charge in [-0.25, -0.2) is 37.5 Å². The van der Waals surface area contributed by atoms with Gasteiger partial charge in [0, 0.05) is 112 Å². The molecule has 2 saturated heterocycles. The maximum absolute atomic E-state index is 13.7. The number of piperazine rings is 2. The number of benzene rings is 4. The Labute approximate surface area is 785 Å². The van der Waals surface area contributed by atoms with Crippen molar-refractivity contribution in [1.29, 1.82) is 0 Å². The molecular weight excluding hydrogens is 1880 g/mol. The zero-order chi connectivity index (χ0) is 100. The van der Waals surface area contributed by atoms with Crippen molar-refractivity contribution in [3.05, 3.63) is 107 Å². The number of unbranched alkanes of at least 4 members (excludes halogenated alkanes) is 2. The van der Waals surface area contributed by atoms with Gasteiger partial charge in [0.2, 0.25) is 52.6 Å². The molecule has 41 nitrogen and oxygen atoms in total. The van der Waals surface area contributed by atoms with Crippen LogP contribution in [0.5, 0.6) is 11.5 Å². The van der Waals surface area contributed by atoms with E-state index in [4.69, 9.17) is 114 Å². The van der Waals surface area contributed by atoms with Crippen molar-refractivity contribution < 1.29 is 161 Å². The summed E-state index contributed by atoms with van der Waals surface area (Å²) in [6.07, 6.45) is 5.37. The number of nitrogens with zero attached hydrogens (tertiary/aromatic N) is 8. The number of hydrogen-bond donors (Lipinski definition) is 8. The number of halogens is 8. The van der Waals surface area contributed by atoms with Gasteiger partial charge >= 0.3 is 33.2 Å². The third-order valence-electron chi connectivity index (χ3n) is 19.9. The van der Waals surface area contributed by atoms with E-state index in [1.165, 1.54) is 0 Å². The molecule has 0 unspecified atom stereocenters. The molecule has 4 aromatic carbocycles. The topological polar surface area (TPSA) is 537 Å². The van der Waals surface area contributed by atoms with Crippen molar-refractivity contribution in [2.24, 2.45) is 0 Å². The minimum absolute atomic E-state index is 0.00498. The lowest BCUT2D eigenvalue weighted by molar-refractivity contribution is -0.138. The van der Waals surface area contributed by atoms with Gasteiger partial charge in [0.25, 0.3) is 0 Å². The number of anilines is 4. The number of nitrogen functional groups attached to an aromatic ring is 2. The highest BCUT2D eigenvalue weighted by atomic mass is 32.2. The number of nitrogens with one attached hydrogen (secondary N) is 4. The minimum Gasteiger partial charge on any atom is -0.503 e. The number of esters is 1. The summed E-state index contributed by atoms with van der Waals surface area (Å²) in [7, 11) is -6.22. The fraction of sp³-hybridized carbons (Fsp3) is 0.558. The Bertz CT molecular complexity index is 5290. The summed E-state index contributed by atoms with van der Waals surface area (Å²) in [5.41, 5.74) is 19.2. The van der Waals surface area contributed by atoms with E-state index in [1.807, 2.05) is 30.3 Å². The van der Waals surface area contributed by atoms with E-state index in [9.17, 15) is 63.9 Å². The molecule has 2 atom stereocenters. The van der Waals surface area contributed by atoms with Crippen LogP contribution < -0.4 is 36.6 Å². The second kappa shape index (κ2) is 63.2. The number of hydrogen-bond acceptors (Lipinski definition) is 34. The van der Waals surface area contributed by atoms with Gasteiger partial charge in [-0.2, -0.15) is 17.6 Å². The molecule has 10 rings (SSSR count). The zero-order valence-corrected chi connectivity index (χ0v) is 77.8. The number of aryl methyl sites for hydroxylation is 2. The molecule has 760 valence electrons. The van der Waals surface area contributed by atoms with E-state index in [-0.39, 0.29) is 75.5 Å². The van der Waals surface area contributed by atoms with Crippen molar-refractivity contribution in [2.75, 3.05) is 232 Å². The van der Waals surface area contributed by atoms with Crippen LogP contribution in [0.1, 0.15) is 90.7 Å². The van der Waals surface area contributed by atoms with E-state index in [0.29, 0.717) is 196 Å². The zero-order valence-electron chi connectivity index (χ0n) is 76.1. The number of amides is 4. The average Bonchev–Trinajstić information content (AvgIpc) is 1.65. The number of phenols is 1. The number of pyridine rings is 2. The number of rotatable bonds is 55. The van der Waals surface area contributed by atoms with E-state index in [2.05, 4.69) is 65.0 Å². The molecule has 0 spiro atoms. The average molecular weight is 1990 g/mol. The van der Waals surface area contributed by atoms with E-state index < -0.39 is 116 Å². The summed E-state index contributed by atoms with van der Waals surface area (Å²) in [4.78, 5) is 107. The van der Waals surface area contributed by atoms with E-state index in [0.717, 1.165) is 105 Å². The van der Waals surface area contributed by atoms with Crippen molar-refractivity contribution in [3.8, 4) is 11.5 Å². The highest BCUT2D eigenvalue weighted by Crippen LogP contribution is 2.34. The Morgan fingerprint density at radius 1 is 0.416 bits per heavy atom. The molecule has 4 aromatic heterocycles. The molecule has 0 bridgehead atoms. The van der Waals surface area contributed by atoms with Gasteiger partial charge in [-0.15, -0.1) is 25.3 Å². The molecule has 0 aliphatic carbocycles. The van der Waals surface area contributed by atoms with Crippen molar-refractivity contribution in [1.82, 2.24) is 50.3 Å². The molecule has 137 heavy (non-hydrogen) atoms. The predicted molar refractivity (Wildman–Crippen MR) is 477 cm³/mol. The third-order valence-corrected chi connectivity index (χ3v) is 19.9. The Morgan fingerprint density at radius 3 is 1.01 bits per heavy atom. The highest BCUT2D eigenvalue weighted by Gasteiger charge is 2.30. The number of carboxylic acids is 1. The maximum atomic E-state index is 13.7. The molecule has 4 amide bonds. The predicted octanol–water partition coefficient (Wildman–Crippen LogP) is 6.33. The first-order valence-corrected chi connectivity index (χ1v) is 45.8.